The van der Waals surface area contributed by atoms with Gasteiger partial charge in [-0.2, -0.15) is 18.4 Å². The number of allylic oxidation sites excluding steroid dienone is 1. The van der Waals surface area contributed by atoms with E-state index in [-0.39, 0.29) is 16.7 Å². The number of hydrogen-bond acceptors (Lipinski definition) is 3. The number of nitriles is 1. The normalized spacial score (nSPS) is 12.4. The van der Waals surface area contributed by atoms with Gasteiger partial charge < -0.3 is 4.57 Å². The lowest BCUT2D eigenvalue weighted by Gasteiger charge is -2.05. The van der Waals surface area contributed by atoms with E-state index in [1.54, 1.807) is 18.2 Å². The SMILES string of the molecule is Cn1c(/C(C#N)=C/c2ccc(SC(F)(F)F)cc2)nc2ccccc21. The lowest BCUT2D eigenvalue weighted by Crippen LogP contribution is -1.98. The predicted molar refractivity (Wildman–Crippen MR) is 92.6 cm³/mol. The molecule has 3 aromatic rings. The van der Waals surface area contributed by atoms with Crippen LogP contribution < -0.4 is 0 Å². The highest BCUT2D eigenvalue weighted by Gasteiger charge is 2.28. The molecule has 1 aromatic heterocycles. The Morgan fingerprint density at radius 3 is 2.44 bits per heavy atom. The Balaban J connectivity index is 1.95. The van der Waals surface area contributed by atoms with E-state index >= 15 is 0 Å². The van der Waals surface area contributed by atoms with E-state index in [0.717, 1.165) is 11.0 Å². The highest BCUT2D eigenvalue weighted by Crippen LogP contribution is 2.36. The maximum atomic E-state index is 12.4. The topological polar surface area (TPSA) is 41.6 Å². The van der Waals surface area contributed by atoms with Gasteiger partial charge in [-0.1, -0.05) is 24.3 Å². The van der Waals surface area contributed by atoms with Crippen LogP contribution in [-0.4, -0.2) is 15.1 Å². The van der Waals surface area contributed by atoms with Crippen LogP contribution in [0.3, 0.4) is 0 Å². The largest absolute Gasteiger partial charge is 0.446 e. The fourth-order valence-electron chi connectivity index (χ4n) is 2.47. The van der Waals surface area contributed by atoms with E-state index in [1.165, 1.54) is 12.1 Å². The number of fused-ring (bicyclic) bond motifs is 1. The number of imidazole rings is 1. The second-order valence-electron chi connectivity index (χ2n) is 5.27. The Morgan fingerprint density at radius 1 is 1.16 bits per heavy atom. The quantitative estimate of drug-likeness (QED) is 0.474. The number of rotatable bonds is 3. The Morgan fingerprint density at radius 2 is 1.84 bits per heavy atom. The monoisotopic (exact) mass is 359 g/mol. The van der Waals surface area contributed by atoms with Crippen molar-refractivity contribution in [2.75, 3.05) is 0 Å². The number of thioether (sulfide) groups is 1. The third-order valence-corrected chi connectivity index (χ3v) is 4.31. The van der Waals surface area contributed by atoms with Crippen molar-refractivity contribution in [3.05, 3.63) is 59.9 Å². The molecular formula is C18H12F3N3S. The average Bonchev–Trinajstić information content (AvgIpc) is 2.90. The fourth-order valence-corrected chi connectivity index (χ4v) is 3.01. The fraction of sp³-hybridized carbons (Fsp3) is 0.111. The third-order valence-electron chi connectivity index (χ3n) is 3.57. The molecule has 0 amide bonds. The zero-order chi connectivity index (χ0) is 18.0. The summed E-state index contributed by atoms with van der Waals surface area (Å²) < 4.78 is 38.9. The summed E-state index contributed by atoms with van der Waals surface area (Å²) in [5, 5.41) is 9.47. The summed E-state index contributed by atoms with van der Waals surface area (Å²) in [5.41, 5.74) is -1.67. The molecule has 2 aromatic carbocycles. The molecule has 0 spiro atoms. The molecule has 25 heavy (non-hydrogen) atoms. The Bertz CT molecular complexity index is 979. The molecule has 0 aliphatic carbocycles. The van der Waals surface area contributed by atoms with Crippen LogP contribution in [0, 0.1) is 11.3 Å². The van der Waals surface area contributed by atoms with Crippen molar-refractivity contribution in [1.29, 1.82) is 5.26 Å². The van der Waals surface area contributed by atoms with Gasteiger partial charge in [0.2, 0.25) is 0 Å². The molecule has 0 radical (unpaired) electrons. The lowest BCUT2D eigenvalue weighted by atomic mass is 10.1. The van der Waals surface area contributed by atoms with Crippen molar-refractivity contribution < 1.29 is 13.2 Å². The van der Waals surface area contributed by atoms with Crippen LogP contribution >= 0.6 is 11.8 Å². The molecule has 126 valence electrons. The van der Waals surface area contributed by atoms with Crippen molar-refractivity contribution in [3.63, 3.8) is 0 Å². The molecular weight excluding hydrogens is 347 g/mol. The van der Waals surface area contributed by atoms with E-state index in [4.69, 9.17) is 0 Å². The second-order valence-corrected chi connectivity index (χ2v) is 6.41. The second kappa shape index (κ2) is 6.65. The molecule has 0 aliphatic heterocycles. The summed E-state index contributed by atoms with van der Waals surface area (Å²) in [6.07, 6.45) is 1.61. The Hall–Kier alpha value is -2.72. The van der Waals surface area contributed by atoms with Gasteiger partial charge >= 0.3 is 5.51 Å². The summed E-state index contributed by atoms with van der Waals surface area (Å²) >= 11 is -0.166. The first-order chi connectivity index (χ1) is 11.9. The van der Waals surface area contributed by atoms with Crippen LogP contribution in [0.1, 0.15) is 11.4 Å². The van der Waals surface area contributed by atoms with E-state index in [1.807, 2.05) is 35.9 Å². The van der Waals surface area contributed by atoms with Crippen LogP contribution in [-0.2, 0) is 7.05 Å². The number of aromatic nitrogens is 2. The summed E-state index contributed by atoms with van der Waals surface area (Å²) in [7, 11) is 1.82. The van der Waals surface area contributed by atoms with Gasteiger partial charge in [0.05, 0.1) is 16.6 Å². The molecule has 0 saturated carbocycles. The van der Waals surface area contributed by atoms with Gasteiger partial charge in [0.15, 0.2) is 5.82 Å². The van der Waals surface area contributed by atoms with Gasteiger partial charge in [0, 0.05) is 11.9 Å². The smallest absolute Gasteiger partial charge is 0.327 e. The van der Waals surface area contributed by atoms with E-state index < -0.39 is 5.51 Å². The van der Waals surface area contributed by atoms with Crippen molar-refractivity contribution in [2.24, 2.45) is 7.05 Å². The first-order valence-electron chi connectivity index (χ1n) is 7.27. The first kappa shape index (κ1) is 17.1. The highest BCUT2D eigenvalue weighted by atomic mass is 32.2. The molecule has 7 heteroatoms. The average molecular weight is 359 g/mol. The van der Waals surface area contributed by atoms with Crippen molar-refractivity contribution in [3.8, 4) is 6.07 Å². The molecule has 0 unspecified atom stereocenters. The van der Waals surface area contributed by atoms with Crippen molar-refractivity contribution in [1.82, 2.24) is 9.55 Å². The van der Waals surface area contributed by atoms with Crippen molar-refractivity contribution in [2.45, 2.75) is 10.4 Å². The molecule has 0 atom stereocenters. The minimum atomic E-state index is -4.32. The van der Waals surface area contributed by atoms with Crippen molar-refractivity contribution >= 4 is 34.4 Å². The minimum Gasteiger partial charge on any atom is -0.327 e. The van der Waals surface area contributed by atoms with E-state index in [2.05, 4.69) is 11.1 Å². The summed E-state index contributed by atoms with van der Waals surface area (Å²) in [6, 6.07) is 15.5. The van der Waals surface area contributed by atoms with Gasteiger partial charge in [-0.05, 0) is 47.7 Å². The van der Waals surface area contributed by atoms with Gasteiger partial charge in [0.25, 0.3) is 0 Å². The molecule has 1 heterocycles. The molecule has 0 aliphatic rings. The number of aryl methyl sites for hydroxylation is 1. The summed E-state index contributed by atoms with van der Waals surface area (Å²) in [5.74, 6) is 0.512. The van der Waals surface area contributed by atoms with Gasteiger partial charge in [-0.25, -0.2) is 4.98 Å². The maximum Gasteiger partial charge on any atom is 0.446 e. The molecule has 0 N–H and O–H groups in total. The Labute approximate surface area is 146 Å². The zero-order valence-corrected chi connectivity index (χ0v) is 13.9. The number of halogens is 3. The van der Waals surface area contributed by atoms with Gasteiger partial charge in [-0.3, -0.25) is 0 Å². The maximum absolute atomic E-state index is 12.4. The van der Waals surface area contributed by atoms with Crippen LogP contribution in [0.15, 0.2) is 53.4 Å². The molecule has 0 fully saturated rings. The molecule has 3 nitrogen and oxygen atoms in total. The van der Waals surface area contributed by atoms with Gasteiger partial charge in [0.1, 0.15) is 6.07 Å². The molecule has 3 rings (SSSR count). The number of para-hydroxylation sites is 2. The predicted octanol–water partition coefficient (Wildman–Crippen LogP) is 5.25. The number of benzene rings is 2. The third kappa shape index (κ3) is 3.86. The molecule has 0 bridgehead atoms. The number of nitrogens with zero attached hydrogens (tertiary/aromatic N) is 3. The minimum absolute atomic E-state index is 0.103. The molecule has 0 saturated heterocycles. The Kier molecular flexibility index (Phi) is 4.55. The first-order valence-corrected chi connectivity index (χ1v) is 8.08. The zero-order valence-electron chi connectivity index (χ0n) is 13.1. The van der Waals surface area contributed by atoms with Crippen LogP contribution in [0.2, 0.25) is 0 Å². The number of hydrogen-bond donors (Lipinski definition) is 0. The summed E-state index contributed by atoms with van der Waals surface area (Å²) in [6.45, 7) is 0. The van der Waals surface area contributed by atoms with E-state index in [9.17, 15) is 18.4 Å². The highest BCUT2D eigenvalue weighted by molar-refractivity contribution is 8.00. The van der Waals surface area contributed by atoms with Gasteiger partial charge in [-0.15, -0.1) is 0 Å². The lowest BCUT2D eigenvalue weighted by molar-refractivity contribution is -0.0328. The van der Waals surface area contributed by atoms with Crippen LogP contribution in [0.4, 0.5) is 13.2 Å². The number of alkyl halides is 3. The standard InChI is InChI=1S/C18H12F3N3S/c1-24-16-5-3-2-4-15(16)23-17(24)13(11-22)10-12-6-8-14(9-7-12)25-18(19,20)21/h2-10H,1H3/b13-10+. The van der Waals surface area contributed by atoms with Crippen LogP contribution in [0.5, 0.6) is 0 Å². The van der Waals surface area contributed by atoms with E-state index in [0.29, 0.717) is 17.0 Å². The van der Waals surface area contributed by atoms with Crippen LogP contribution in [0.25, 0.3) is 22.7 Å². The summed E-state index contributed by atoms with van der Waals surface area (Å²) in [4.78, 5) is 4.57.